The van der Waals surface area contributed by atoms with E-state index in [1.165, 1.54) is 16.8 Å². The number of rotatable bonds is 4. The number of halogens is 2. The van der Waals surface area contributed by atoms with Gasteiger partial charge in [-0.2, -0.15) is 5.10 Å². The maximum atomic E-state index is 13.1. The number of nitrogen functional groups attached to an aromatic ring is 1. The average molecular weight is 364 g/mol. The predicted octanol–water partition coefficient (Wildman–Crippen LogP) is 2.71. The summed E-state index contributed by atoms with van der Waals surface area (Å²) in [7, 11) is 0. The van der Waals surface area contributed by atoms with Crippen molar-refractivity contribution >= 4 is 24.6 Å². The number of nitrogens with two attached hydrogens (primary N) is 1. The quantitative estimate of drug-likeness (QED) is 0.424. The maximum Gasteiger partial charge on any atom is 0.263 e. The third kappa shape index (κ3) is 3.63. The summed E-state index contributed by atoms with van der Waals surface area (Å²) in [5, 5.41) is 11.9. The number of hydrazone groups is 1. The van der Waals surface area contributed by atoms with Crippen LogP contribution in [0.3, 0.4) is 0 Å². The summed E-state index contributed by atoms with van der Waals surface area (Å²) in [6.45, 7) is 5.71. The fraction of sp³-hybridized carbons (Fsp3) is 0.188. The molecule has 132 valence electrons. The van der Waals surface area contributed by atoms with Crippen LogP contribution in [0.1, 0.15) is 22.8 Å². The van der Waals surface area contributed by atoms with E-state index in [2.05, 4.69) is 20.7 Å². The molecule has 7 nitrogen and oxygen atoms in total. The molecule has 1 aromatic carbocycles. The minimum absolute atomic E-state index is 0. The molecule has 9 heteroatoms. The monoisotopic (exact) mass is 363 g/mol. The zero-order valence-electron chi connectivity index (χ0n) is 14.1. The lowest BCUT2D eigenvalue weighted by Gasteiger charge is -2.09. The largest absolute Gasteiger partial charge is 0.335 e. The fourth-order valence-corrected chi connectivity index (χ4v) is 2.51. The number of benzene rings is 1. The number of hydrogen-bond acceptors (Lipinski definition) is 5. The highest BCUT2D eigenvalue weighted by Crippen LogP contribution is 2.20. The lowest BCUT2D eigenvalue weighted by Crippen LogP contribution is -2.13. The summed E-state index contributed by atoms with van der Waals surface area (Å²) in [6.07, 6.45) is 1.69. The first kappa shape index (κ1) is 18.5. The highest BCUT2D eigenvalue weighted by atomic mass is 35.5. The summed E-state index contributed by atoms with van der Waals surface area (Å²) in [6, 6.07) is 8.38. The fourth-order valence-electron chi connectivity index (χ4n) is 2.51. The van der Waals surface area contributed by atoms with Crippen molar-refractivity contribution in [2.45, 2.75) is 20.8 Å². The van der Waals surface area contributed by atoms with Crippen LogP contribution >= 0.6 is 12.4 Å². The molecule has 0 unspecified atom stereocenters. The van der Waals surface area contributed by atoms with Gasteiger partial charge in [0.1, 0.15) is 5.82 Å². The van der Waals surface area contributed by atoms with E-state index in [4.69, 9.17) is 5.84 Å². The molecule has 2 heterocycles. The zero-order chi connectivity index (χ0) is 17.3. The molecule has 0 bridgehead atoms. The molecule has 3 rings (SSSR count). The lowest BCUT2D eigenvalue weighted by molar-refractivity contribution is 0.627. The molecule has 0 spiro atoms. The number of aromatic nitrogens is 4. The van der Waals surface area contributed by atoms with Crippen molar-refractivity contribution in [2.24, 2.45) is 5.10 Å². The SMILES string of the molecule is Cc1nnc(NN=Cc2cc(C)n(-c3ccc(F)cc3)c2C)n1N.Cl. The van der Waals surface area contributed by atoms with Crippen molar-refractivity contribution in [3.8, 4) is 5.69 Å². The van der Waals surface area contributed by atoms with Crippen LogP contribution in [0.15, 0.2) is 35.4 Å². The summed E-state index contributed by atoms with van der Waals surface area (Å²) in [4.78, 5) is 0. The first-order chi connectivity index (χ1) is 11.5. The Bertz CT molecular complexity index is 896. The van der Waals surface area contributed by atoms with Crippen LogP contribution in [0.5, 0.6) is 0 Å². The van der Waals surface area contributed by atoms with Crippen LogP contribution in [0, 0.1) is 26.6 Å². The molecule has 25 heavy (non-hydrogen) atoms. The molecule has 0 atom stereocenters. The van der Waals surface area contributed by atoms with Gasteiger partial charge in [0.25, 0.3) is 5.95 Å². The second-order valence-corrected chi connectivity index (χ2v) is 5.45. The molecule has 0 aliphatic carbocycles. The molecule has 0 amide bonds. The highest BCUT2D eigenvalue weighted by Gasteiger charge is 2.10. The molecule has 3 aromatic rings. The molecule has 0 fully saturated rings. The van der Waals surface area contributed by atoms with Gasteiger partial charge in [0.15, 0.2) is 5.82 Å². The third-order valence-electron chi connectivity index (χ3n) is 3.79. The van der Waals surface area contributed by atoms with Crippen molar-refractivity contribution in [1.82, 2.24) is 19.4 Å². The van der Waals surface area contributed by atoms with Crippen molar-refractivity contribution in [3.63, 3.8) is 0 Å². The van der Waals surface area contributed by atoms with Crippen molar-refractivity contribution < 1.29 is 4.39 Å². The molecule has 0 aliphatic heterocycles. The van der Waals surface area contributed by atoms with E-state index in [-0.39, 0.29) is 18.2 Å². The van der Waals surface area contributed by atoms with Gasteiger partial charge in [-0.1, -0.05) is 0 Å². The van der Waals surface area contributed by atoms with Crippen LogP contribution in [-0.2, 0) is 0 Å². The van der Waals surface area contributed by atoms with Crippen LogP contribution in [0.4, 0.5) is 10.3 Å². The van der Waals surface area contributed by atoms with Gasteiger partial charge in [-0.15, -0.1) is 22.6 Å². The van der Waals surface area contributed by atoms with Gasteiger partial charge in [-0.3, -0.25) is 0 Å². The molecular weight excluding hydrogens is 345 g/mol. The number of nitrogens with one attached hydrogen (secondary N) is 1. The Labute approximate surface area is 150 Å². The Morgan fingerprint density at radius 2 is 1.84 bits per heavy atom. The predicted molar refractivity (Wildman–Crippen MR) is 98.6 cm³/mol. The number of anilines is 1. The molecule has 0 saturated heterocycles. The molecule has 0 saturated carbocycles. The number of aryl methyl sites for hydroxylation is 2. The standard InChI is InChI=1S/C16H18FN7.ClH/c1-10-8-13(9-19-21-16-22-20-12(3)24(16)18)11(2)23(10)15-6-4-14(17)5-7-15;/h4-9H,18H2,1-3H3,(H,21,22);1H. The first-order valence-electron chi connectivity index (χ1n) is 7.38. The molecular formula is C16H19ClFN7. The Hall–Kier alpha value is -2.87. The first-order valence-corrected chi connectivity index (χ1v) is 7.38. The number of nitrogens with zero attached hydrogens (tertiary/aromatic N) is 5. The van der Waals surface area contributed by atoms with Gasteiger partial charge in [0, 0.05) is 22.6 Å². The Morgan fingerprint density at radius 3 is 2.44 bits per heavy atom. The van der Waals surface area contributed by atoms with Gasteiger partial charge in [-0.25, -0.2) is 14.5 Å². The number of hydrogen-bond donors (Lipinski definition) is 2. The minimum atomic E-state index is -0.256. The smallest absolute Gasteiger partial charge is 0.263 e. The van der Waals surface area contributed by atoms with E-state index >= 15 is 0 Å². The summed E-state index contributed by atoms with van der Waals surface area (Å²) in [5.41, 5.74) is 6.62. The summed E-state index contributed by atoms with van der Waals surface area (Å²) < 4.78 is 16.5. The topological polar surface area (TPSA) is 86.0 Å². The molecule has 3 N–H and O–H groups in total. The van der Waals surface area contributed by atoms with Gasteiger partial charge >= 0.3 is 0 Å². The highest BCUT2D eigenvalue weighted by molar-refractivity contribution is 5.85. The molecule has 0 radical (unpaired) electrons. The van der Waals surface area contributed by atoms with Gasteiger partial charge in [0.05, 0.1) is 6.21 Å². The molecule has 2 aromatic heterocycles. The van der Waals surface area contributed by atoms with Crippen LogP contribution in [-0.4, -0.2) is 25.7 Å². The second kappa shape index (κ2) is 7.35. The van der Waals surface area contributed by atoms with E-state index in [9.17, 15) is 4.39 Å². The second-order valence-electron chi connectivity index (χ2n) is 5.45. The van der Waals surface area contributed by atoms with Gasteiger partial charge in [-0.05, 0) is 51.1 Å². The Morgan fingerprint density at radius 1 is 1.16 bits per heavy atom. The van der Waals surface area contributed by atoms with Crippen molar-refractivity contribution in [1.29, 1.82) is 0 Å². The lowest BCUT2D eigenvalue weighted by atomic mass is 10.2. The summed E-state index contributed by atoms with van der Waals surface area (Å²) >= 11 is 0. The maximum absolute atomic E-state index is 13.1. The Balaban J connectivity index is 0.00000225. The van der Waals surface area contributed by atoms with Crippen molar-refractivity contribution in [3.05, 3.63) is 58.9 Å². The summed E-state index contributed by atoms with van der Waals surface area (Å²) in [5.74, 6) is 6.44. The normalized spacial score (nSPS) is 10.9. The van der Waals surface area contributed by atoms with E-state index in [0.29, 0.717) is 11.8 Å². The van der Waals surface area contributed by atoms with Crippen molar-refractivity contribution in [2.75, 3.05) is 11.3 Å². The van der Waals surface area contributed by atoms with E-state index in [1.807, 2.05) is 24.5 Å². The van der Waals surface area contributed by atoms with Crippen LogP contribution < -0.4 is 11.3 Å². The average Bonchev–Trinajstić information content (AvgIpc) is 3.02. The zero-order valence-corrected chi connectivity index (χ0v) is 14.9. The van der Waals surface area contributed by atoms with Gasteiger partial charge < -0.3 is 10.4 Å². The van der Waals surface area contributed by atoms with Crippen LogP contribution in [0.2, 0.25) is 0 Å². The van der Waals surface area contributed by atoms with E-state index in [0.717, 1.165) is 22.6 Å². The molecule has 0 aliphatic rings. The third-order valence-corrected chi connectivity index (χ3v) is 3.79. The van der Waals surface area contributed by atoms with Crippen LogP contribution in [0.25, 0.3) is 5.69 Å². The Kier molecular flexibility index (Phi) is 5.43. The van der Waals surface area contributed by atoms with Gasteiger partial charge in [0.2, 0.25) is 0 Å². The minimum Gasteiger partial charge on any atom is -0.335 e. The van der Waals surface area contributed by atoms with E-state index in [1.54, 1.807) is 25.3 Å². The van der Waals surface area contributed by atoms with E-state index < -0.39 is 0 Å².